The van der Waals surface area contributed by atoms with Gasteiger partial charge >= 0.3 is 5.97 Å². The maximum Gasteiger partial charge on any atom is 0.318 e. The lowest BCUT2D eigenvalue weighted by Crippen LogP contribution is -2.50. The number of fused-ring (bicyclic) bond motifs is 2. The molecule has 2 bridgehead atoms. The van der Waals surface area contributed by atoms with E-state index in [1.165, 1.54) is 6.08 Å². The normalized spacial score (nSPS) is 48.4. The molecule has 6 atom stereocenters. The summed E-state index contributed by atoms with van der Waals surface area (Å²) in [7, 11) is 0. The van der Waals surface area contributed by atoms with Crippen LogP contribution in [0.2, 0.25) is 0 Å². The first-order chi connectivity index (χ1) is 12.1. The Morgan fingerprint density at radius 2 is 2.08 bits per heavy atom. The van der Waals surface area contributed by atoms with Gasteiger partial charge < -0.3 is 24.4 Å². The highest BCUT2D eigenvalue weighted by Crippen LogP contribution is 2.60. The van der Waals surface area contributed by atoms with Gasteiger partial charge in [0.1, 0.15) is 17.3 Å². The molecule has 4 heterocycles. The van der Waals surface area contributed by atoms with Crippen molar-refractivity contribution in [2.45, 2.75) is 50.8 Å². The summed E-state index contributed by atoms with van der Waals surface area (Å²) >= 11 is 0. The zero-order valence-corrected chi connectivity index (χ0v) is 14.9. The van der Waals surface area contributed by atoms with Gasteiger partial charge in [-0.25, -0.2) is 0 Å². The minimum atomic E-state index is -2.09. The number of allylic oxidation sites excluding steroid dienone is 1. The van der Waals surface area contributed by atoms with Crippen LogP contribution in [0.1, 0.15) is 27.2 Å². The molecule has 0 amide bonds. The Balaban J connectivity index is 1.89. The number of ether oxygens (including phenoxy) is 3. The average Bonchev–Trinajstić information content (AvgIpc) is 3.09. The van der Waals surface area contributed by atoms with Crippen molar-refractivity contribution in [3.8, 4) is 0 Å². The van der Waals surface area contributed by atoms with Crippen molar-refractivity contribution in [2.75, 3.05) is 6.61 Å². The van der Waals surface area contributed by atoms with Crippen LogP contribution in [0, 0.1) is 11.3 Å². The van der Waals surface area contributed by atoms with Crippen LogP contribution in [0.3, 0.4) is 0 Å². The third kappa shape index (κ3) is 1.88. The number of aliphatic hydroxyl groups is 2. The standard InChI is InChI=1S/C19H22O7/c1-9-5-12-15-13(7-17(3)14(21)6-11(9)25-17)26-19(23,10(2)8-20)18(15,4)16(22)24-12/h5-6,12-13,15,20,23H,2,7-8H2,1,3-4H3/b9-5-/t12-,13+,15+,17+,18-,19-/m1/s1. The molecule has 2 saturated heterocycles. The van der Waals surface area contributed by atoms with E-state index in [0.29, 0.717) is 11.3 Å². The van der Waals surface area contributed by atoms with Crippen molar-refractivity contribution in [3.63, 3.8) is 0 Å². The summed E-state index contributed by atoms with van der Waals surface area (Å²) < 4.78 is 17.4. The summed E-state index contributed by atoms with van der Waals surface area (Å²) in [5.74, 6) is -2.98. The molecular formula is C19H22O7. The number of hydrogen-bond acceptors (Lipinski definition) is 7. The molecule has 0 aliphatic carbocycles. The Bertz CT molecular complexity index is 796. The van der Waals surface area contributed by atoms with Gasteiger partial charge in [-0.15, -0.1) is 0 Å². The topological polar surface area (TPSA) is 102 Å². The fraction of sp³-hybridized carbons (Fsp3) is 0.579. The zero-order chi connectivity index (χ0) is 19.1. The van der Waals surface area contributed by atoms with E-state index in [0.717, 1.165) is 0 Å². The molecule has 0 aromatic carbocycles. The molecule has 4 rings (SSSR count). The van der Waals surface area contributed by atoms with E-state index in [9.17, 15) is 19.8 Å². The van der Waals surface area contributed by atoms with E-state index in [4.69, 9.17) is 14.2 Å². The van der Waals surface area contributed by atoms with Gasteiger partial charge in [0.15, 0.2) is 5.60 Å². The molecule has 0 radical (unpaired) electrons. The van der Waals surface area contributed by atoms with Gasteiger partial charge in [0.25, 0.3) is 0 Å². The van der Waals surface area contributed by atoms with Crippen LogP contribution < -0.4 is 0 Å². The summed E-state index contributed by atoms with van der Waals surface area (Å²) in [6, 6.07) is 0. The van der Waals surface area contributed by atoms with Crippen molar-refractivity contribution >= 4 is 11.8 Å². The quantitative estimate of drug-likeness (QED) is 0.552. The average molecular weight is 362 g/mol. The van der Waals surface area contributed by atoms with Crippen LogP contribution >= 0.6 is 0 Å². The predicted molar refractivity (Wildman–Crippen MR) is 88.5 cm³/mol. The third-order valence-corrected chi connectivity index (χ3v) is 6.30. The number of rotatable bonds is 2. The van der Waals surface area contributed by atoms with Crippen LogP contribution in [-0.4, -0.2) is 52.2 Å². The first-order valence-electron chi connectivity index (χ1n) is 8.61. The van der Waals surface area contributed by atoms with Crippen LogP contribution in [0.25, 0.3) is 0 Å². The predicted octanol–water partition coefficient (Wildman–Crippen LogP) is 0.762. The first-order valence-corrected chi connectivity index (χ1v) is 8.61. The lowest BCUT2D eigenvalue weighted by molar-refractivity contribution is -0.222. The fourth-order valence-corrected chi connectivity index (χ4v) is 4.65. The van der Waals surface area contributed by atoms with Crippen LogP contribution in [0.4, 0.5) is 0 Å². The number of carbonyl (C=O) groups is 2. The van der Waals surface area contributed by atoms with E-state index in [2.05, 4.69) is 6.58 Å². The van der Waals surface area contributed by atoms with E-state index in [-0.39, 0.29) is 17.8 Å². The lowest BCUT2D eigenvalue weighted by Gasteiger charge is -2.35. The van der Waals surface area contributed by atoms with E-state index in [1.54, 1.807) is 26.8 Å². The summed E-state index contributed by atoms with van der Waals surface area (Å²) in [6.45, 7) is 8.15. The van der Waals surface area contributed by atoms with Crippen LogP contribution in [0.5, 0.6) is 0 Å². The van der Waals surface area contributed by atoms with Crippen molar-refractivity contribution in [1.82, 2.24) is 0 Å². The summed E-state index contributed by atoms with van der Waals surface area (Å²) in [4.78, 5) is 25.3. The molecule has 2 fully saturated rings. The number of hydrogen-bond donors (Lipinski definition) is 2. The molecule has 4 aliphatic heterocycles. The third-order valence-electron chi connectivity index (χ3n) is 6.30. The zero-order valence-electron chi connectivity index (χ0n) is 14.9. The highest BCUT2D eigenvalue weighted by atomic mass is 16.7. The maximum atomic E-state index is 12.8. The van der Waals surface area contributed by atoms with Gasteiger partial charge in [0, 0.05) is 24.0 Å². The molecular weight excluding hydrogens is 340 g/mol. The van der Waals surface area contributed by atoms with Crippen LogP contribution in [0.15, 0.2) is 35.6 Å². The van der Waals surface area contributed by atoms with Gasteiger partial charge in [-0.1, -0.05) is 6.58 Å². The van der Waals surface area contributed by atoms with Crippen molar-refractivity contribution in [2.24, 2.45) is 11.3 Å². The molecule has 7 heteroatoms. The first kappa shape index (κ1) is 17.5. The fourth-order valence-electron chi connectivity index (χ4n) is 4.65. The molecule has 2 N–H and O–H groups in total. The largest absolute Gasteiger partial charge is 0.479 e. The number of carbonyl (C=O) groups excluding carboxylic acids is 2. The van der Waals surface area contributed by atoms with Gasteiger partial charge in [0.2, 0.25) is 11.6 Å². The molecule has 4 aliphatic rings. The molecule has 0 saturated carbocycles. The Kier molecular flexibility index (Phi) is 3.40. The second-order valence-electron chi connectivity index (χ2n) is 7.92. The van der Waals surface area contributed by atoms with Crippen molar-refractivity contribution < 1.29 is 34.0 Å². The molecule has 0 aromatic rings. The Morgan fingerprint density at radius 1 is 1.38 bits per heavy atom. The second kappa shape index (κ2) is 5.06. The van der Waals surface area contributed by atoms with Gasteiger partial charge in [-0.2, -0.15) is 0 Å². The molecule has 0 aromatic heterocycles. The minimum absolute atomic E-state index is 0.0227. The van der Waals surface area contributed by atoms with Crippen LogP contribution in [-0.2, 0) is 23.8 Å². The van der Waals surface area contributed by atoms with E-state index >= 15 is 0 Å². The molecule has 7 nitrogen and oxygen atoms in total. The molecule has 0 unspecified atom stereocenters. The lowest BCUT2D eigenvalue weighted by atomic mass is 9.67. The number of aliphatic hydroxyl groups excluding tert-OH is 1. The van der Waals surface area contributed by atoms with Gasteiger partial charge in [-0.3, -0.25) is 9.59 Å². The number of esters is 1. The number of ketones is 1. The van der Waals surface area contributed by atoms with Crippen molar-refractivity contribution in [3.05, 3.63) is 35.6 Å². The molecule has 0 spiro atoms. The highest BCUT2D eigenvalue weighted by Gasteiger charge is 2.74. The summed E-state index contributed by atoms with van der Waals surface area (Å²) in [5, 5.41) is 20.7. The highest BCUT2D eigenvalue weighted by molar-refractivity contribution is 6.00. The minimum Gasteiger partial charge on any atom is -0.479 e. The Morgan fingerprint density at radius 3 is 2.73 bits per heavy atom. The Labute approximate surface area is 150 Å². The molecule has 26 heavy (non-hydrogen) atoms. The van der Waals surface area contributed by atoms with Gasteiger partial charge in [-0.05, 0) is 32.4 Å². The Hall–Kier alpha value is -1.96. The summed E-state index contributed by atoms with van der Waals surface area (Å²) in [6.07, 6.45) is 1.97. The summed E-state index contributed by atoms with van der Waals surface area (Å²) in [5.41, 5.74) is -1.94. The van der Waals surface area contributed by atoms with E-state index < -0.39 is 47.5 Å². The second-order valence-corrected chi connectivity index (χ2v) is 7.92. The SMILES string of the molecule is C=C(CO)[C@@]1(O)O[C@H]2C[C@]3(C)OC(=CC3=O)/C(C)=C\[C@H]3OC(=O)[C@@]1(C)[C@H]23. The monoisotopic (exact) mass is 362 g/mol. The van der Waals surface area contributed by atoms with Crippen molar-refractivity contribution in [1.29, 1.82) is 0 Å². The maximum absolute atomic E-state index is 12.8. The smallest absolute Gasteiger partial charge is 0.318 e. The van der Waals surface area contributed by atoms with E-state index in [1.807, 2.05) is 0 Å². The van der Waals surface area contributed by atoms with Gasteiger partial charge in [0.05, 0.1) is 12.7 Å². The molecule has 140 valence electrons.